The molecule has 1 aliphatic carbocycles. The van der Waals surface area contributed by atoms with E-state index >= 15 is 0 Å². The number of piperidine rings is 1. The number of hydrogen-bond acceptors (Lipinski definition) is 13. The number of fused-ring (bicyclic) bond motifs is 1. The molecule has 1 atom stereocenters. The number of imide groups is 1. The summed E-state index contributed by atoms with van der Waals surface area (Å²) in [6, 6.07) is 9.44. The predicted octanol–water partition coefficient (Wildman–Crippen LogP) is 3.99. The van der Waals surface area contributed by atoms with Crippen molar-refractivity contribution < 1.29 is 23.9 Å². The van der Waals surface area contributed by atoms with E-state index in [9.17, 15) is 24.0 Å². The quantitative estimate of drug-likeness (QED) is 0.107. The van der Waals surface area contributed by atoms with Gasteiger partial charge in [0.15, 0.2) is 12.1 Å². The molecule has 1 saturated carbocycles. The summed E-state index contributed by atoms with van der Waals surface area (Å²) < 4.78 is 7.03. The number of ketones is 1. The van der Waals surface area contributed by atoms with Crippen LogP contribution in [-0.4, -0.2) is 101 Å². The number of nitrogens with one attached hydrogen (secondary N) is 3. The standard InChI is InChI=1S/C27H36N8O2.C14H15NO4/c1-18-22-17-30-27(32-25(22)35(20-6-4-5-7-20)26(37)24(18)19(2)36)31-23-9-8-21(16-29-23)34-14-12-33(13-15-34)11-10-28-3;1-9-10(3-2-4-12(9)19-8-7-16)11-5-6-13(17)15-14(11)18/h8-9,16-17,20,28H,4-7,10-15H2,1-3H3,(H,29,30,31,32);2-4,7,11H,5-6,8H2,1H3,(H,15,17,18). The van der Waals surface area contributed by atoms with Gasteiger partial charge in [-0.3, -0.25) is 38.8 Å². The van der Waals surface area contributed by atoms with Crippen LogP contribution in [0.15, 0.2) is 47.5 Å². The lowest BCUT2D eigenvalue weighted by atomic mass is 9.87. The van der Waals surface area contributed by atoms with Crippen molar-refractivity contribution in [3.05, 3.63) is 75.3 Å². The summed E-state index contributed by atoms with van der Waals surface area (Å²) in [5, 5.41) is 9.49. The Labute approximate surface area is 326 Å². The van der Waals surface area contributed by atoms with Crippen LogP contribution in [-0.2, 0) is 14.4 Å². The average molecular weight is 766 g/mol. The predicted molar refractivity (Wildman–Crippen MR) is 214 cm³/mol. The molecule has 7 rings (SSSR count). The minimum Gasteiger partial charge on any atom is -0.486 e. The van der Waals surface area contributed by atoms with Gasteiger partial charge in [-0.25, -0.2) is 9.97 Å². The highest BCUT2D eigenvalue weighted by Crippen LogP contribution is 2.33. The van der Waals surface area contributed by atoms with Gasteiger partial charge >= 0.3 is 0 Å². The summed E-state index contributed by atoms with van der Waals surface area (Å²) in [6.07, 6.45) is 9.07. The SMILES string of the molecule is CNCCN1CCN(c2ccc(Nc3ncc4c(C)c(C(C)=O)c(=O)n(C5CCCC5)c4n3)nc2)CC1.Cc1c(OCC=O)cccc1C1CCC(=O)NC1=O. The van der Waals surface area contributed by atoms with Crippen molar-refractivity contribution in [3.63, 3.8) is 0 Å². The second-order valence-electron chi connectivity index (χ2n) is 14.5. The number of ether oxygens (including phenoxy) is 1. The highest BCUT2D eigenvalue weighted by atomic mass is 16.5. The van der Waals surface area contributed by atoms with Gasteiger partial charge in [0.05, 0.1) is 23.4 Å². The van der Waals surface area contributed by atoms with Crippen molar-refractivity contribution in [2.75, 3.05) is 63.1 Å². The number of piperazine rings is 1. The smallest absolute Gasteiger partial charge is 0.263 e. The van der Waals surface area contributed by atoms with E-state index in [4.69, 9.17) is 9.72 Å². The van der Waals surface area contributed by atoms with Gasteiger partial charge in [-0.1, -0.05) is 25.0 Å². The van der Waals surface area contributed by atoms with Crippen LogP contribution < -0.4 is 31.1 Å². The number of aromatic nitrogens is 4. The van der Waals surface area contributed by atoms with Crippen LogP contribution >= 0.6 is 0 Å². The molecule has 56 heavy (non-hydrogen) atoms. The number of amides is 2. The number of pyridine rings is 2. The van der Waals surface area contributed by atoms with E-state index in [0.717, 1.165) is 87.2 Å². The number of carbonyl (C=O) groups is 4. The number of rotatable bonds is 12. The molecule has 2 amide bonds. The van der Waals surface area contributed by atoms with E-state index in [1.807, 2.05) is 32.3 Å². The fraction of sp³-hybridized carbons (Fsp3) is 0.463. The van der Waals surface area contributed by atoms with Gasteiger partial charge in [0.25, 0.3) is 5.56 Å². The molecule has 4 aromatic rings. The molecule has 2 saturated heterocycles. The molecular weight excluding hydrogens is 715 g/mol. The van der Waals surface area contributed by atoms with Gasteiger partial charge in [0, 0.05) is 63.3 Å². The highest BCUT2D eigenvalue weighted by Gasteiger charge is 2.30. The van der Waals surface area contributed by atoms with Crippen molar-refractivity contribution in [2.24, 2.45) is 0 Å². The number of anilines is 3. The van der Waals surface area contributed by atoms with Gasteiger partial charge in [-0.2, -0.15) is 4.98 Å². The third kappa shape index (κ3) is 9.11. The zero-order valence-corrected chi connectivity index (χ0v) is 32.6. The summed E-state index contributed by atoms with van der Waals surface area (Å²) in [5.74, 6) is 0.558. The summed E-state index contributed by atoms with van der Waals surface area (Å²) in [6.45, 7) is 11.2. The molecule has 296 valence electrons. The van der Waals surface area contributed by atoms with Crippen molar-refractivity contribution in [3.8, 4) is 5.75 Å². The summed E-state index contributed by atoms with van der Waals surface area (Å²) in [4.78, 5) is 77.7. The Morgan fingerprint density at radius 2 is 1.75 bits per heavy atom. The first-order valence-electron chi connectivity index (χ1n) is 19.4. The van der Waals surface area contributed by atoms with Gasteiger partial charge in [-0.05, 0) is 82.0 Å². The summed E-state index contributed by atoms with van der Waals surface area (Å²) in [5.41, 5.74) is 3.98. The molecule has 5 heterocycles. The first kappa shape index (κ1) is 40.1. The van der Waals surface area contributed by atoms with E-state index in [-0.39, 0.29) is 47.3 Å². The molecule has 0 bridgehead atoms. The maximum atomic E-state index is 13.4. The van der Waals surface area contributed by atoms with Crippen molar-refractivity contribution >= 4 is 52.4 Å². The third-order valence-electron chi connectivity index (χ3n) is 10.9. The van der Waals surface area contributed by atoms with Crippen LogP contribution in [0.2, 0.25) is 0 Å². The van der Waals surface area contributed by atoms with Gasteiger partial charge in [0.1, 0.15) is 23.8 Å². The maximum Gasteiger partial charge on any atom is 0.263 e. The Morgan fingerprint density at radius 3 is 2.41 bits per heavy atom. The van der Waals surface area contributed by atoms with E-state index in [1.54, 1.807) is 29.8 Å². The second kappa shape index (κ2) is 18.4. The minimum absolute atomic E-state index is 0.0142. The zero-order chi connectivity index (χ0) is 39.8. The Bertz CT molecular complexity index is 2120. The number of likely N-dealkylation sites (N-methyl/N-ethyl adjacent to an activating group) is 1. The molecule has 15 nitrogen and oxygen atoms in total. The van der Waals surface area contributed by atoms with Crippen LogP contribution in [0, 0.1) is 13.8 Å². The molecule has 2 aliphatic heterocycles. The topological polar surface area (TPSA) is 181 Å². The van der Waals surface area contributed by atoms with Crippen LogP contribution in [0.3, 0.4) is 0 Å². The second-order valence-corrected chi connectivity index (χ2v) is 14.5. The van der Waals surface area contributed by atoms with Crippen LogP contribution in [0.4, 0.5) is 17.5 Å². The van der Waals surface area contributed by atoms with Crippen LogP contribution in [0.1, 0.15) is 84.5 Å². The van der Waals surface area contributed by atoms with E-state index in [0.29, 0.717) is 47.9 Å². The van der Waals surface area contributed by atoms with Crippen molar-refractivity contribution in [1.82, 2.24) is 35.1 Å². The van der Waals surface area contributed by atoms with Crippen LogP contribution in [0.25, 0.3) is 11.0 Å². The van der Waals surface area contributed by atoms with Crippen LogP contribution in [0.5, 0.6) is 5.75 Å². The average Bonchev–Trinajstić information content (AvgIpc) is 3.72. The maximum absolute atomic E-state index is 13.4. The number of aldehydes is 1. The molecule has 15 heteroatoms. The molecule has 3 fully saturated rings. The molecule has 3 aliphatic rings. The third-order valence-corrected chi connectivity index (χ3v) is 10.9. The monoisotopic (exact) mass is 765 g/mol. The lowest BCUT2D eigenvalue weighted by Crippen LogP contribution is -2.48. The fourth-order valence-corrected chi connectivity index (χ4v) is 7.85. The Morgan fingerprint density at radius 1 is 0.982 bits per heavy atom. The molecule has 3 aromatic heterocycles. The van der Waals surface area contributed by atoms with E-state index in [1.165, 1.54) is 6.92 Å². The normalized spacial score (nSPS) is 17.6. The molecule has 0 spiro atoms. The number of hydrogen-bond donors (Lipinski definition) is 3. The number of benzene rings is 1. The Balaban J connectivity index is 0.000000235. The molecule has 0 radical (unpaired) electrons. The molecule has 3 N–H and O–H groups in total. The number of nitrogens with zero attached hydrogens (tertiary/aromatic N) is 6. The zero-order valence-electron chi connectivity index (χ0n) is 32.6. The molecule has 1 unspecified atom stereocenters. The van der Waals surface area contributed by atoms with Gasteiger partial charge in [0.2, 0.25) is 17.8 Å². The lowest BCUT2D eigenvalue weighted by Gasteiger charge is -2.35. The fourth-order valence-electron chi connectivity index (χ4n) is 7.85. The van der Waals surface area contributed by atoms with E-state index < -0.39 is 0 Å². The first-order chi connectivity index (χ1) is 27.1. The number of Topliss-reactive ketones (excluding diaryl/α,β-unsaturated/α-hetero) is 1. The first-order valence-corrected chi connectivity index (χ1v) is 19.4. The number of aryl methyl sites for hydroxylation is 1. The van der Waals surface area contributed by atoms with Gasteiger partial charge in [-0.15, -0.1) is 0 Å². The minimum atomic E-state index is -0.336. The molecule has 1 aromatic carbocycles. The summed E-state index contributed by atoms with van der Waals surface area (Å²) >= 11 is 0. The Hall–Kier alpha value is -5.54. The lowest BCUT2D eigenvalue weighted by molar-refractivity contribution is -0.134. The van der Waals surface area contributed by atoms with Crippen molar-refractivity contribution in [2.45, 2.75) is 71.3 Å². The number of carbonyl (C=O) groups excluding carboxylic acids is 4. The Kier molecular flexibility index (Phi) is 13.2. The summed E-state index contributed by atoms with van der Waals surface area (Å²) in [7, 11) is 1.99. The highest BCUT2D eigenvalue weighted by molar-refractivity contribution is 6.01. The molecular formula is C41H51N9O6. The largest absolute Gasteiger partial charge is 0.486 e. The van der Waals surface area contributed by atoms with E-state index in [2.05, 4.69) is 41.8 Å². The van der Waals surface area contributed by atoms with Crippen molar-refractivity contribution in [1.29, 1.82) is 0 Å². The van der Waals surface area contributed by atoms with Gasteiger partial charge < -0.3 is 20.3 Å².